The van der Waals surface area contributed by atoms with Crippen LogP contribution in [0.25, 0.3) is 6.08 Å². The van der Waals surface area contributed by atoms with Crippen molar-refractivity contribution in [2.45, 2.75) is 26.3 Å². The van der Waals surface area contributed by atoms with E-state index in [2.05, 4.69) is 38.2 Å². The van der Waals surface area contributed by atoms with Gasteiger partial charge < -0.3 is 10.1 Å². The molecule has 16 heavy (non-hydrogen) atoms. The quantitative estimate of drug-likeness (QED) is 0.840. The van der Waals surface area contributed by atoms with E-state index in [1.54, 1.807) is 7.11 Å². The molecule has 2 heteroatoms. The van der Waals surface area contributed by atoms with Gasteiger partial charge in [0.05, 0.1) is 7.11 Å². The molecule has 0 fully saturated rings. The molecule has 0 heterocycles. The zero-order chi connectivity index (χ0) is 12.0. The molecule has 1 rings (SSSR count). The summed E-state index contributed by atoms with van der Waals surface area (Å²) in [5.41, 5.74) is 1.36. The fraction of sp³-hybridized carbons (Fsp3) is 0.429. The average Bonchev–Trinajstić information content (AvgIpc) is 2.24. The lowest BCUT2D eigenvalue weighted by Crippen LogP contribution is -2.35. The first-order valence-electron chi connectivity index (χ1n) is 5.57. The van der Waals surface area contributed by atoms with E-state index in [1.807, 2.05) is 24.3 Å². The van der Waals surface area contributed by atoms with Gasteiger partial charge in [0.25, 0.3) is 0 Å². The van der Waals surface area contributed by atoms with Crippen LogP contribution in [0.5, 0.6) is 5.75 Å². The van der Waals surface area contributed by atoms with E-state index >= 15 is 0 Å². The maximum absolute atomic E-state index is 5.10. The molecule has 0 radical (unpaired) electrons. The molecule has 0 saturated heterocycles. The minimum atomic E-state index is 0.171. The molecule has 0 unspecified atom stereocenters. The van der Waals surface area contributed by atoms with E-state index in [9.17, 15) is 0 Å². The molecule has 0 aliphatic heterocycles. The number of benzene rings is 1. The zero-order valence-corrected chi connectivity index (χ0v) is 10.6. The molecular weight excluding hydrogens is 198 g/mol. The Labute approximate surface area is 98.3 Å². The molecular formula is C14H21NO. The normalized spacial score (nSPS) is 12.0. The van der Waals surface area contributed by atoms with E-state index in [4.69, 9.17) is 4.74 Å². The van der Waals surface area contributed by atoms with Gasteiger partial charge in [-0.3, -0.25) is 0 Å². The van der Waals surface area contributed by atoms with Gasteiger partial charge in [-0.1, -0.05) is 24.3 Å². The third-order valence-electron chi connectivity index (χ3n) is 2.18. The highest BCUT2D eigenvalue weighted by molar-refractivity contribution is 5.50. The summed E-state index contributed by atoms with van der Waals surface area (Å²) in [5, 5.41) is 3.40. The second-order valence-corrected chi connectivity index (χ2v) is 4.81. The summed E-state index contributed by atoms with van der Waals surface area (Å²) in [6, 6.07) is 8.03. The van der Waals surface area contributed by atoms with Gasteiger partial charge in [-0.05, 0) is 38.5 Å². The molecule has 0 atom stereocenters. The summed E-state index contributed by atoms with van der Waals surface area (Å²) in [6.07, 6.45) is 4.24. The Balaban J connectivity index is 2.44. The summed E-state index contributed by atoms with van der Waals surface area (Å²) in [4.78, 5) is 0. The molecule has 0 bridgehead atoms. The van der Waals surface area contributed by atoms with Crippen LogP contribution in [0, 0.1) is 0 Å². The van der Waals surface area contributed by atoms with Gasteiger partial charge in [-0.2, -0.15) is 0 Å². The van der Waals surface area contributed by atoms with Crippen molar-refractivity contribution in [3.63, 3.8) is 0 Å². The lowest BCUT2D eigenvalue weighted by molar-refractivity contribution is 0.415. The lowest BCUT2D eigenvalue weighted by atomic mass is 10.1. The van der Waals surface area contributed by atoms with E-state index in [1.165, 1.54) is 5.56 Å². The second-order valence-electron chi connectivity index (χ2n) is 4.81. The Morgan fingerprint density at radius 2 is 1.81 bits per heavy atom. The Kier molecular flexibility index (Phi) is 4.56. The molecule has 0 amide bonds. The van der Waals surface area contributed by atoms with Gasteiger partial charge >= 0.3 is 0 Å². The van der Waals surface area contributed by atoms with E-state index < -0.39 is 0 Å². The van der Waals surface area contributed by atoms with Crippen LogP contribution in [0.4, 0.5) is 0 Å². The van der Waals surface area contributed by atoms with Crippen LogP contribution in [0.3, 0.4) is 0 Å². The summed E-state index contributed by atoms with van der Waals surface area (Å²) >= 11 is 0. The molecule has 0 aliphatic rings. The summed E-state index contributed by atoms with van der Waals surface area (Å²) in [7, 11) is 1.68. The molecule has 0 saturated carbocycles. The van der Waals surface area contributed by atoms with Crippen LogP contribution in [0.2, 0.25) is 0 Å². The third kappa shape index (κ3) is 4.99. The number of nitrogens with one attached hydrogen (secondary N) is 1. The third-order valence-corrected chi connectivity index (χ3v) is 2.18. The van der Waals surface area contributed by atoms with Crippen LogP contribution >= 0.6 is 0 Å². The second kappa shape index (κ2) is 5.71. The maximum Gasteiger partial charge on any atom is 0.118 e. The predicted molar refractivity (Wildman–Crippen MR) is 69.8 cm³/mol. The monoisotopic (exact) mass is 219 g/mol. The van der Waals surface area contributed by atoms with Crippen LogP contribution in [0.1, 0.15) is 26.3 Å². The van der Waals surface area contributed by atoms with E-state index in [0.717, 1.165) is 12.3 Å². The molecule has 0 spiro atoms. The number of hydrogen-bond acceptors (Lipinski definition) is 2. The van der Waals surface area contributed by atoms with Crippen LogP contribution in [0.15, 0.2) is 30.3 Å². The standard InChI is InChI=1S/C14H21NO/c1-14(2,3)15-11-5-6-12-7-9-13(16-4)10-8-12/h5-10,15H,11H2,1-4H3. The molecule has 0 aromatic heterocycles. The Morgan fingerprint density at radius 3 is 2.31 bits per heavy atom. The van der Waals surface area contributed by atoms with Gasteiger partial charge in [0, 0.05) is 12.1 Å². The minimum Gasteiger partial charge on any atom is -0.497 e. The average molecular weight is 219 g/mol. The van der Waals surface area contributed by atoms with Crippen molar-refractivity contribution in [1.29, 1.82) is 0 Å². The molecule has 1 aromatic rings. The summed E-state index contributed by atoms with van der Waals surface area (Å²) < 4.78 is 5.10. The van der Waals surface area contributed by atoms with Crippen molar-refractivity contribution in [1.82, 2.24) is 5.32 Å². The molecule has 88 valence electrons. The Morgan fingerprint density at radius 1 is 1.19 bits per heavy atom. The zero-order valence-electron chi connectivity index (χ0n) is 10.6. The Bertz CT molecular complexity index is 333. The largest absolute Gasteiger partial charge is 0.497 e. The number of rotatable bonds is 4. The van der Waals surface area contributed by atoms with Gasteiger partial charge in [-0.25, -0.2) is 0 Å². The molecule has 2 nitrogen and oxygen atoms in total. The van der Waals surface area contributed by atoms with E-state index in [-0.39, 0.29) is 5.54 Å². The fourth-order valence-electron chi connectivity index (χ4n) is 1.28. The van der Waals surface area contributed by atoms with Gasteiger partial charge in [0.2, 0.25) is 0 Å². The van der Waals surface area contributed by atoms with Gasteiger partial charge in [-0.15, -0.1) is 0 Å². The highest BCUT2D eigenvalue weighted by Crippen LogP contribution is 2.12. The topological polar surface area (TPSA) is 21.3 Å². The number of ether oxygens (including phenoxy) is 1. The van der Waals surface area contributed by atoms with Crippen molar-refractivity contribution in [2.75, 3.05) is 13.7 Å². The summed E-state index contributed by atoms with van der Waals surface area (Å²) in [6.45, 7) is 7.37. The van der Waals surface area contributed by atoms with Gasteiger partial charge in [0.1, 0.15) is 5.75 Å². The first-order chi connectivity index (χ1) is 7.51. The molecule has 1 N–H and O–H groups in total. The SMILES string of the molecule is COc1ccc(C=CCNC(C)(C)C)cc1. The molecule has 0 aliphatic carbocycles. The molecule has 1 aromatic carbocycles. The maximum atomic E-state index is 5.10. The number of methoxy groups -OCH3 is 1. The predicted octanol–water partition coefficient (Wildman–Crippen LogP) is 3.10. The van der Waals surface area contributed by atoms with Crippen molar-refractivity contribution >= 4 is 6.08 Å². The van der Waals surface area contributed by atoms with Crippen molar-refractivity contribution < 1.29 is 4.74 Å². The number of hydrogen-bond donors (Lipinski definition) is 1. The first kappa shape index (κ1) is 12.8. The van der Waals surface area contributed by atoms with Crippen molar-refractivity contribution in [2.24, 2.45) is 0 Å². The Hall–Kier alpha value is -1.28. The smallest absolute Gasteiger partial charge is 0.118 e. The van der Waals surface area contributed by atoms with Crippen LogP contribution in [-0.2, 0) is 0 Å². The lowest BCUT2D eigenvalue weighted by Gasteiger charge is -2.18. The van der Waals surface area contributed by atoms with E-state index in [0.29, 0.717) is 0 Å². The van der Waals surface area contributed by atoms with Crippen molar-refractivity contribution in [3.05, 3.63) is 35.9 Å². The fourth-order valence-corrected chi connectivity index (χ4v) is 1.28. The first-order valence-corrected chi connectivity index (χ1v) is 5.57. The summed E-state index contributed by atoms with van der Waals surface area (Å²) in [5.74, 6) is 0.893. The minimum absolute atomic E-state index is 0.171. The van der Waals surface area contributed by atoms with Crippen LogP contribution < -0.4 is 10.1 Å². The van der Waals surface area contributed by atoms with Crippen molar-refractivity contribution in [3.8, 4) is 5.75 Å². The van der Waals surface area contributed by atoms with Gasteiger partial charge in [0.15, 0.2) is 0 Å². The highest BCUT2D eigenvalue weighted by Gasteiger charge is 2.05. The van der Waals surface area contributed by atoms with Crippen LogP contribution in [-0.4, -0.2) is 19.2 Å². The highest BCUT2D eigenvalue weighted by atomic mass is 16.5.